The van der Waals surface area contributed by atoms with Crippen LogP contribution in [0, 0.1) is 12.3 Å². The molecule has 0 atom stereocenters. The monoisotopic (exact) mass is 245 g/mol. The second kappa shape index (κ2) is 5.25. The highest BCUT2D eigenvalue weighted by Crippen LogP contribution is 2.28. The highest BCUT2D eigenvalue weighted by molar-refractivity contribution is 5.82. The van der Waals surface area contributed by atoms with Crippen LogP contribution in [0.2, 0.25) is 0 Å². The lowest BCUT2D eigenvalue weighted by atomic mass is 10.00. The highest BCUT2D eigenvalue weighted by Gasteiger charge is 2.08. The van der Waals surface area contributed by atoms with Crippen molar-refractivity contribution >= 4 is 11.0 Å². The Bertz CT molecular complexity index is 596. The Balaban J connectivity index is 2.56. The summed E-state index contributed by atoms with van der Waals surface area (Å²) in [5, 5.41) is 0.919. The van der Waals surface area contributed by atoms with Crippen molar-refractivity contribution < 1.29 is 9.15 Å². The molecule has 0 bridgehead atoms. The van der Waals surface area contributed by atoms with Crippen LogP contribution < -0.4 is 10.4 Å². The molecule has 0 radical (unpaired) electrons. The van der Waals surface area contributed by atoms with Gasteiger partial charge in [-0.05, 0) is 18.2 Å². The van der Waals surface area contributed by atoms with Gasteiger partial charge in [0, 0.05) is 17.0 Å². The van der Waals surface area contributed by atoms with Gasteiger partial charge in [0.05, 0.1) is 7.11 Å². The average Bonchev–Trinajstić information content (AvgIpc) is 2.35. The maximum absolute atomic E-state index is 11.4. The average molecular weight is 245 g/mol. The molecule has 0 unspecified atom stereocenters. The molecule has 0 aliphatic rings. The Hall–Kier alpha value is -1.77. The number of ether oxygens (including phenoxy) is 1. The van der Waals surface area contributed by atoms with Crippen LogP contribution in [0.1, 0.15) is 19.4 Å². The Morgan fingerprint density at radius 3 is 2.67 bits per heavy atom. The van der Waals surface area contributed by atoms with Gasteiger partial charge in [0.2, 0.25) is 0 Å². The smallest absolute Gasteiger partial charge is 0.336 e. The van der Waals surface area contributed by atoms with Crippen LogP contribution in [0.15, 0.2) is 33.5 Å². The second-order valence-electron chi connectivity index (χ2n) is 4.60. The van der Waals surface area contributed by atoms with E-state index < -0.39 is 0 Å². The Kier molecular flexibility index (Phi) is 3.70. The lowest BCUT2D eigenvalue weighted by Gasteiger charge is -2.19. The molecule has 0 N–H and O–H groups in total. The van der Waals surface area contributed by atoms with Crippen LogP contribution in [0.3, 0.4) is 0 Å². The van der Waals surface area contributed by atoms with Gasteiger partial charge in [-0.1, -0.05) is 13.8 Å². The zero-order chi connectivity index (χ0) is 13.1. The molecule has 0 saturated heterocycles. The molecule has 1 aromatic heterocycles. The largest absolute Gasteiger partial charge is 0.496 e. The summed E-state index contributed by atoms with van der Waals surface area (Å²) in [6.45, 7) is 4.24. The van der Waals surface area contributed by atoms with Crippen LogP contribution >= 0.6 is 0 Å². The molecular formula is C15H17O3-. The van der Waals surface area contributed by atoms with E-state index in [4.69, 9.17) is 9.15 Å². The molecule has 0 fully saturated rings. The highest BCUT2D eigenvalue weighted by atomic mass is 16.5. The molecule has 1 aromatic carbocycles. The SMILES string of the molecule is COc1ccc2ccc(=O)oc2c1C[CH-]C(C)C. The molecule has 2 rings (SSSR count). The van der Waals surface area contributed by atoms with Gasteiger partial charge in [-0.2, -0.15) is 5.92 Å². The van der Waals surface area contributed by atoms with E-state index in [2.05, 4.69) is 20.3 Å². The fourth-order valence-corrected chi connectivity index (χ4v) is 1.91. The summed E-state index contributed by atoms with van der Waals surface area (Å²) in [5.74, 6) is 1.23. The number of hydrogen-bond donors (Lipinski definition) is 0. The molecule has 2 aromatic rings. The van der Waals surface area contributed by atoms with Crippen molar-refractivity contribution in [3.8, 4) is 5.75 Å². The molecule has 0 saturated carbocycles. The fourth-order valence-electron chi connectivity index (χ4n) is 1.91. The molecule has 0 spiro atoms. The Morgan fingerprint density at radius 2 is 2.00 bits per heavy atom. The van der Waals surface area contributed by atoms with Crippen molar-refractivity contribution in [3.63, 3.8) is 0 Å². The zero-order valence-electron chi connectivity index (χ0n) is 10.9. The third kappa shape index (κ3) is 2.55. The minimum atomic E-state index is -0.332. The predicted octanol–water partition coefficient (Wildman–Crippen LogP) is 3.20. The zero-order valence-corrected chi connectivity index (χ0v) is 10.9. The van der Waals surface area contributed by atoms with Crippen molar-refractivity contribution in [2.24, 2.45) is 5.92 Å². The van der Waals surface area contributed by atoms with Crippen LogP contribution in [-0.2, 0) is 6.42 Å². The van der Waals surface area contributed by atoms with E-state index >= 15 is 0 Å². The van der Waals surface area contributed by atoms with Crippen molar-refractivity contribution in [1.82, 2.24) is 0 Å². The molecular weight excluding hydrogens is 228 g/mol. The topological polar surface area (TPSA) is 39.4 Å². The summed E-state index contributed by atoms with van der Waals surface area (Å²) in [5.41, 5.74) is 1.22. The number of fused-ring (bicyclic) bond motifs is 1. The van der Waals surface area contributed by atoms with E-state index in [0.717, 1.165) is 23.1 Å². The maximum Gasteiger partial charge on any atom is 0.336 e. The van der Waals surface area contributed by atoms with Gasteiger partial charge in [0.1, 0.15) is 11.3 Å². The van der Waals surface area contributed by atoms with E-state index in [-0.39, 0.29) is 5.63 Å². The number of rotatable bonds is 4. The van der Waals surface area contributed by atoms with Crippen molar-refractivity contribution in [1.29, 1.82) is 0 Å². The van der Waals surface area contributed by atoms with E-state index in [1.54, 1.807) is 13.2 Å². The predicted molar refractivity (Wildman–Crippen MR) is 71.9 cm³/mol. The molecule has 3 heteroatoms. The lowest BCUT2D eigenvalue weighted by molar-refractivity contribution is 0.409. The van der Waals surface area contributed by atoms with E-state index in [1.807, 2.05) is 12.1 Å². The van der Waals surface area contributed by atoms with Gasteiger partial charge in [-0.15, -0.1) is 6.42 Å². The summed E-state index contributed by atoms with van der Waals surface area (Å²) in [6, 6.07) is 7.02. The fraction of sp³-hybridized carbons (Fsp3) is 0.333. The Labute approximate surface area is 106 Å². The summed E-state index contributed by atoms with van der Waals surface area (Å²) >= 11 is 0. The minimum absolute atomic E-state index is 0.332. The summed E-state index contributed by atoms with van der Waals surface area (Å²) in [4.78, 5) is 11.4. The second-order valence-corrected chi connectivity index (χ2v) is 4.60. The molecule has 1 heterocycles. The molecule has 3 nitrogen and oxygen atoms in total. The normalized spacial score (nSPS) is 11.1. The van der Waals surface area contributed by atoms with Crippen molar-refractivity contribution in [2.75, 3.05) is 7.11 Å². The van der Waals surface area contributed by atoms with Crippen LogP contribution in [0.4, 0.5) is 0 Å². The third-order valence-electron chi connectivity index (χ3n) is 2.86. The maximum atomic E-state index is 11.4. The first-order chi connectivity index (χ1) is 8.61. The van der Waals surface area contributed by atoms with Gasteiger partial charge in [-0.25, -0.2) is 4.79 Å². The molecule has 0 aliphatic heterocycles. The first kappa shape index (κ1) is 12.7. The molecule has 96 valence electrons. The summed E-state index contributed by atoms with van der Waals surface area (Å²) < 4.78 is 10.7. The summed E-state index contributed by atoms with van der Waals surface area (Å²) in [7, 11) is 1.63. The van der Waals surface area contributed by atoms with Gasteiger partial charge < -0.3 is 15.6 Å². The van der Waals surface area contributed by atoms with Gasteiger partial charge in [0.15, 0.2) is 0 Å². The van der Waals surface area contributed by atoms with Crippen molar-refractivity contribution in [3.05, 3.63) is 46.7 Å². The molecule has 0 amide bonds. The van der Waals surface area contributed by atoms with Gasteiger partial charge >= 0.3 is 5.63 Å². The number of hydrogen-bond acceptors (Lipinski definition) is 3. The first-order valence-corrected chi connectivity index (χ1v) is 6.05. The quantitative estimate of drug-likeness (QED) is 0.613. The van der Waals surface area contributed by atoms with Gasteiger partial charge in [0.25, 0.3) is 0 Å². The first-order valence-electron chi connectivity index (χ1n) is 6.05. The van der Waals surface area contributed by atoms with E-state index in [0.29, 0.717) is 11.5 Å². The van der Waals surface area contributed by atoms with Gasteiger partial charge in [-0.3, -0.25) is 0 Å². The van der Waals surface area contributed by atoms with Crippen LogP contribution in [-0.4, -0.2) is 7.11 Å². The number of methoxy groups -OCH3 is 1. The third-order valence-corrected chi connectivity index (χ3v) is 2.86. The standard InChI is InChI=1S/C15H17O3/c1-10(2)4-7-12-13(17-3)8-5-11-6-9-14(16)18-15(11)12/h4-6,8-10H,7H2,1-3H3/q-1. The molecule has 0 aliphatic carbocycles. The van der Waals surface area contributed by atoms with E-state index in [1.165, 1.54) is 6.07 Å². The van der Waals surface area contributed by atoms with Crippen LogP contribution in [0.25, 0.3) is 11.0 Å². The van der Waals surface area contributed by atoms with Crippen LogP contribution in [0.5, 0.6) is 5.75 Å². The summed E-state index contributed by atoms with van der Waals surface area (Å²) in [6.07, 6.45) is 2.90. The van der Waals surface area contributed by atoms with E-state index in [9.17, 15) is 4.79 Å². The lowest BCUT2D eigenvalue weighted by Crippen LogP contribution is -2.01. The van der Waals surface area contributed by atoms with Crippen molar-refractivity contribution in [2.45, 2.75) is 20.3 Å². The minimum Gasteiger partial charge on any atom is -0.496 e. The number of benzene rings is 1. The molecule has 18 heavy (non-hydrogen) atoms. The Morgan fingerprint density at radius 1 is 1.28 bits per heavy atom.